The van der Waals surface area contributed by atoms with Gasteiger partial charge < -0.3 is 15.2 Å². The molecule has 0 aromatic carbocycles. The summed E-state index contributed by atoms with van der Waals surface area (Å²) < 4.78 is 4.91. The van der Waals surface area contributed by atoms with Gasteiger partial charge in [-0.1, -0.05) is 6.92 Å². The average molecular weight is 226 g/mol. The summed E-state index contributed by atoms with van der Waals surface area (Å²) in [5.41, 5.74) is -0.610. The third-order valence-electron chi connectivity index (χ3n) is 1.40. The molecule has 0 aliphatic heterocycles. The van der Waals surface area contributed by atoms with E-state index in [1.165, 1.54) is 0 Å². The molecule has 0 aromatic rings. The predicted octanol–water partition coefficient (Wildman–Crippen LogP) is 0.993. The van der Waals surface area contributed by atoms with E-state index in [0.717, 1.165) is 0 Å². The molecular weight excluding hydrogens is 209 g/mol. The van der Waals surface area contributed by atoms with Crippen molar-refractivity contribution in [1.82, 2.24) is 5.32 Å². The molecule has 1 amide bonds. The van der Waals surface area contributed by atoms with Crippen LogP contribution in [0, 0.1) is 0 Å². The monoisotopic (exact) mass is 226 g/mol. The molecule has 0 saturated carbocycles. The third-order valence-corrected chi connectivity index (χ3v) is 1.40. The van der Waals surface area contributed by atoms with Crippen molar-refractivity contribution in [2.45, 2.75) is 45.8 Å². The van der Waals surface area contributed by atoms with E-state index < -0.39 is 23.7 Å². The molecule has 0 spiro atoms. The largest absolute Gasteiger partial charge is 0.480 e. The molecule has 0 aliphatic rings. The van der Waals surface area contributed by atoms with Crippen LogP contribution in [0.15, 0.2) is 0 Å². The normalized spacial score (nSPS) is 12.3. The van der Waals surface area contributed by atoms with Crippen molar-refractivity contribution in [3.63, 3.8) is 0 Å². The summed E-state index contributed by atoms with van der Waals surface area (Å²) in [5.74, 6) is -1.06. The van der Waals surface area contributed by atoms with Gasteiger partial charge in [-0.3, -0.25) is 0 Å². The third kappa shape index (κ3) is 8.72. The summed E-state index contributed by atoms with van der Waals surface area (Å²) >= 11 is 0. The molecule has 2 N–H and O–H groups in total. The minimum absolute atomic E-state index is 0. The van der Waals surface area contributed by atoms with E-state index in [2.05, 4.69) is 5.32 Å². The quantitative estimate of drug-likeness (QED) is 0.704. The Balaban J connectivity index is 0. The fourth-order valence-corrected chi connectivity index (χ4v) is 0.788. The van der Waals surface area contributed by atoms with Crippen molar-refractivity contribution < 1.29 is 19.4 Å². The molecule has 5 nitrogen and oxygen atoms in total. The number of alkyl carbamates (subject to hydrolysis) is 1. The molecule has 15 heavy (non-hydrogen) atoms. The molecular formula is C9H17NNaO4. The van der Waals surface area contributed by atoms with Crippen molar-refractivity contribution >= 4 is 41.6 Å². The first-order chi connectivity index (χ1) is 6.26. The van der Waals surface area contributed by atoms with E-state index in [4.69, 9.17) is 9.84 Å². The number of carboxylic acids is 1. The van der Waals surface area contributed by atoms with Crippen LogP contribution in [0.25, 0.3) is 0 Å². The van der Waals surface area contributed by atoms with Gasteiger partial charge in [-0.05, 0) is 27.2 Å². The number of aliphatic carboxylic acids is 1. The van der Waals surface area contributed by atoms with Crippen LogP contribution < -0.4 is 5.32 Å². The molecule has 0 unspecified atom stereocenters. The molecule has 0 rings (SSSR count). The summed E-state index contributed by atoms with van der Waals surface area (Å²) in [6, 6.07) is -0.884. The SMILES string of the molecule is CC[C@@H](NC(=O)OC(C)(C)C)C(=O)O.[Na]. The van der Waals surface area contributed by atoms with Gasteiger partial charge in [0.2, 0.25) is 0 Å². The predicted molar refractivity (Wildman–Crippen MR) is 56.8 cm³/mol. The van der Waals surface area contributed by atoms with Crippen LogP contribution in [0.2, 0.25) is 0 Å². The average Bonchev–Trinajstić information content (AvgIpc) is 1.96. The van der Waals surface area contributed by atoms with E-state index in [9.17, 15) is 9.59 Å². The molecule has 0 bridgehead atoms. The maximum absolute atomic E-state index is 11.1. The standard InChI is InChI=1S/C9H17NO4.Na/c1-5-6(7(11)12)10-8(13)14-9(2,3)4;/h6H,5H2,1-4H3,(H,10,13)(H,11,12);/t6-;/m1./s1. The Kier molecular flexibility index (Phi) is 8.10. The summed E-state index contributed by atoms with van der Waals surface area (Å²) in [6.07, 6.45) is -0.374. The van der Waals surface area contributed by atoms with Crippen LogP contribution in [0.1, 0.15) is 34.1 Å². The van der Waals surface area contributed by atoms with E-state index >= 15 is 0 Å². The fourth-order valence-electron chi connectivity index (χ4n) is 0.788. The van der Waals surface area contributed by atoms with Gasteiger partial charge in [-0.15, -0.1) is 0 Å². The van der Waals surface area contributed by atoms with Crippen LogP contribution in [0.4, 0.5) is 4.79 Å². The van der Waals surface area contributed by atoms with Crippen LogP contribution in [0.5, 0.6) is 0 Å². The molecule has 83 valence electrons. The number of rotatable bonds is 3. The first kappa shape index (κ1) is 17.1. The second-order valence-corrected chi connectivity index (χ2v) is 3.95. The Bertz CT molecular complexity index is 225. The zero-order valence-corrected chi connectivity index (χ0v) is 12.0. The fraction of sp³-hybridized carbons (Fsp3) is 0.778. The summed E-state index contributed by atoms with van der Waals surface area (Å²) in [7, 11) is 0. The second kappa shape index (κ2) is 7.09. The minimum atomic E-state index is -1.06. The number of amides is 1. The van der Waals surface area contributed by atoms with Crippen molar-refractivity contribution in [3.8, 4) is 0 Å². The maximum atomic E-state index is 11.1. The van der Waals surface area contributed by atoms with Crippen molar-refractivity contribution in [1.29, 1.82) is 0 Å². The molecule has 1 atom stereocenters. The van der Waals surface area contributed by atoms with Crippen LogP contribution >= 0.6 is 0 Å². The number of hydrogen-bond acceptors (Lipinski definition) is 3. The van der Waals surface area contributed by atoms with Gasteiger partial charge in [0.1, 0.15) is 11.6 Å². The number of hydrogen-bond donors (Lipinski definition) is 2. The van der Waals surface area contributed by atoms with Gasteiger partial charge in [-0.25, -0.2) is 9.59 Å². The van der Waals surface area contributed by atoms with Crippen molar-refractivity contribution in [3.05, 3.63) is 0 Å². The number of carbonyl (C=O) groups is 2. The van der Waals surface area contributed by atoms with Gasteiger partial charge in [-0.2, -0.15) is 0 Å². The maximum Gasteiger partial charge on any atom is 0.408 e. The molecule has 0 saturated heterocycles. The first-order valence-corrected chi connectivity index (χ1v) is 4.48. The summed E-state index contributed by atoms with van der Waals surface area (Å²) in [4.78, 5) is 21.7. The number of ether oxygens (including phenoxy) is 1. The first-order valence-electron chi connectivity index (χ1n) is 4.48. The molecule has 1 radical (unpaired) electrons. The van der Waals surface area contributed by atoms with Crippen LogP contribution in [0.3, 0.4) is 0 Å². The Morgan fingerprint density at radius 2 is 1.87 bits per heavy atom. The van der Waals surface area contributed by atoms with E-state index in [0.29, 0.717) is 6.42 Å². The van der Waals surface area contributed by atoms with Crippen LogP contribution in [-0.2, 0) is 9.53 Å². The Labute approximate surface area is 112 Å². The zero-order chi connectivity index (χ0) is 11.4. The number of nitrogens with one attached hydrogen (secondary N) is 1. The Morgan fingerprint density at radius 3 is 2.13 bits per heavy atom. The van der Waals surface area contributed by atoms with Gasteiger partial charge in [0.05, 0.1) is 0 Å². The number of carbonyl (C=O) groups excluding carboxylic acids is 1. The molecule has 0 fully saturated rings. The van der Waals surface area contributed by atoms with Gasteiger partial charge >= 0.3 is 12.1 Å². The van der Waals surface area contributed by atoms with Gasteiger partial charge in [0.15, 0.2) is 0 Å². The van der Waals surface area contributed by atoms with E-state index in [1.807, 2.05) is 0 Å². The molecule has 0 heterocycles. The van der Waals surface area contributed by atoms with Crippen LogP contribution in [-0.4, -0.2) is 58.4 Å². The van der Waals surface area contributed by atoms with Crippen molar-refractivity contribution in [2.24, 2.45) is 0 Å². The second-order valence-electron chi connectivity index (χ2n) is 3.95. The van der Waals surface area contributed by atoms with Gasteiger partial charge in [0, 0.05) is 29.6 Å². The van der Waals surface area contributed by atoms with Crippen molar-refractivity contribution in [2.75, 3.05) is 0 Å². The smallest absolute Gasteiger partial charge is 0.408 e. The Hall–Kier alpha value is -0.260. The topological polar surface area (TPSA) is 75.6 Å². The Morgan fingerprint density at radius 1 is 1.40 bits per heavy atom. The molecule has 6 heteroatoms. The number of carboxylic acid groups (broad SMARTS) is 1. The van der Waals surface area contributed by atoms with Gasteiger partial charge in [0.25, 0.3) is 0 Å². The minimum Gasteiger partial charge on any atom is -0.480 e. The molecule has 0 aromatic heterocycles. The van der Waals surface area contributed by atoms with E-state index in [-0.39, 0.29) is 29.6 Å². The van der Waals surface area contributed by atoms with E-state index in [1.54, 1.807) is 27.7 Å². The molecule has 0 aliphatic carbocycles. The zero-order valence-electron chi connectivity index (χ0n) is 9.96. The summed E-state index contributed by atoms with van der Waals surface area (Å²) in [5, 5.41) is 10.9. The summed E-state index contributed by atoms with van der Waals surface area (Å²) in [6.45, 7) is 6.83.